The van der Waals surface area contributed by atoms with Crippen molar-refractivity contribution in [3.8, 4) is 0 Å². The fourth-order valence-corrected chi connectivity index (χ4v) is 18.3. The Kier molecular flexibility index (Phi) is 41.7. The van der Waals surface area contributed by atoms with Gasteiger partial charge in [-0.2, -0.15) is 0 Å². The molecule has 5 amide bonds. The van der Waals surface area contributed by atoms with Crippen molar-refractivity contribution < 1.29 is 287 Å². The zero-order valence-corrected chi connectivity index (χ0v) is 76.4. The van der Waals surface area contributed by atoms with Gasteiger partial charge in [-0.25, -0.2) is 4.79 Å². The molecule has 820 valence electrons. The highest BCUT2D eigenvalue weighted by Gasteiger charge is 2.64. The molecule has 0 saturated carbocycles. The second-order valence-electron chi connectivity index (χ2n) is 36.0. The summed E-state index contributed by atoms with van der Waals surface area (Å²) in [4.78, 5) is 77.5. The molecule has 0 aromatic rings. The first-order valence-corrected chi connectivity index (χ1v) is 45.1. The number of carbonyl (C=O) groups excluding carboxylic acids is 5. The molecule has 11 aliphatic rings. The van der Waals surface area contributed by atoms with Gasteiger partial charge in [0.05, 0.1) is 84.3 Å². The number of ether oxygens (including phenoxy) is 21. The van der Waals surface area contributed by atoms with Gasteiger partial charge < -0.3 is 284 Å². The van der Waals surface area contributed by atoms with E-state index in [-0.39, 0.29) is 0 Å². The number of carboxylic acid groups (broad SMARTS) is 1. The summed E-state index contributed by atoms with van der Waals surface area (Å²) in [5.41, 5.74) is 0. The van der Waals surface area contributed by atoms with Crippen molar-refractivity contribution in [2.24, 2.45) is 0 Å². The summed E-state index contributed by atoms with van der Waals surface area (Å²) in [5, 5.41) is 360. The maximum absolute atomic E-state index is 13.4. The third kappa shape index (κ3) is 26.0. The molecule has 0 aromatic carbocycles. The SMILES string of the molecule is CC(=O)N[C@H]1[C@H](O[C@H]2[C@H](O)[C@@H](NC(C)=O)C(O)O[C@@H]2CO[C@@H]2O[C@@H](C)[C@@H](O)[C@@H](O)[C@@H]2O)O[C@H](CO)[C@@H](O[C@@H]2O[C@H](CO[C@H]3O[C@H](CO)[C@@H](O)[C@H](O)[C@@H]3O[C@@H]3O[C@H](CO)[C@@H](O[C@@H]4O[C@H](CO)[C@@H](O)[C@H](O)[C@H]4O)[C@H](O)[C@H]3NC(C)=O)[C@@H](O)[C@H](O[C@H]3O[C@H](CO)[C@@H](O)[C@H](O)[C@@H]3O[C@@H]3O[C@H](CO)[C@@H](O[C@@H]4O[C@H](CO[C@]5(C(=O)O)C[C@H](O)[C@@H](NC(C)=O)[C@H]([C@H](O)[C@H](O)CO)O5)[C@@H](O)[C@H](O)[C@H]4O)[C@H](O)[C@H]3NC(C)=O)[C@@H]2O)[C@@H]1O. The molecule has 11 saturated heterocycles. The van der Waals surface area contributed by atoms with E-state index >= 15 is 0 Å². The molecular formula is C79H131N5O58. The van der Waals surface area contributed by atoms with E-state index < -0.39 is 451 Å². The van der Waals surface area contributed by atoms with Crippen LogP contribution in [-0.4, -0.2) is 603 Å². The van der Waals surface area contributed by atoms with Gasteiger partial charge in [0, 0.05) is 41.0 Å². The van der Waals surface area contributed by atoms with Crippen LogP contribution in [0.2, 0.25) is 0 Å². The van der Waals surface area contributed by atoms with Crippen molar-refractivity contribution in [1.29, 1.82) is 0 Å². The van der Waals surface area contributed by atoms with Crippen molar-refractivity contribution in [3.05, 3.63) is 0 Å². The standard InChI is InChI=1S/C79H131N5O58/c1-18-40(99)51(110)56(115)72(125-18)122-16-34-63(47(106)36(68(119)126-34)81-20(3)93)135-69-37(82-21(4)94)48(107)62(31(14-91)130-69)138-75-59(118)65(46(105)32(133-75)15-123-76-66(54(113)43(102)27(10-87)128-76)140-70-38(83-22(5)95)49(108)60(29(12-89)131-70)136-73-57(116)52(111)42(101)26(9-86)127-73)139-77-67(55(114)44(103)28(11-88)129-77)141-71-39(84-23(6)96)50(109)61(30(13-90)132-71)137-74-58(117)53(112)45(104)33(134-74)17-124-79(78(120)121)7-24(97)35(80-19(2)92)64(142-79)41(100)25(98)8-85/h18,24-77,85-91,97-119H,7-17H2,1-6H3,(H,80,92)(H,81,93)(H,82,94)(H,83,95)(H,84,96)(H,120,121)/t18-,24-,25+,26+,27+,28+,29+,30+,31+,32+,33+,34+,35+,36+,37+,38+,39+,40+,41+,42+,43+,44+,45+,46+,47+,48+,49+,50+,51+,52-,53-,54-,55-,56-,57+,58+,59-,60+,61+,62+,63+,64+,65-,66-,67-,68?,69-,70-,71-,72+,73-,74-,75-,76-,77+,79+/m0/s1. The lowest BCUT2D eigenvalue weighted by Crippen LogP contribution is -2.71. The highest BCUT2D eigenvalue weighted by atomic mass is 16.8. The van der Waals surface area contributed by atoms with E-state index in [9.17, 15) is 187 Å². The predicted molar refractivity (Wildman–Crippen MR) is 436 cm³/mol. The lowest BCUT2D eigenvalue weighted by molar-refractivity contribution is -0.399. The highest BCUT2D eigenvalue weighted by Crippen LogP contribution is 2.43. The predicted octanol–water partition coefficient (Wildman–Crippen LogP) is -24.0. The summed E-state index contributed by atoms with van der Waals surface area (Å²) in [6.45, 7) is -5.99. The molecule has 56 atom stereocenters. The second kappa shape index (κ2) is 50.6. The highest BCUT2D eigenvalue weighted by molar-refractivity contribution is 5.77. The fraction of sp³-hybridized carbons (Fsp3) is 0.924. The van der Waals surface area contributed by atoms with Crippen molar-refractivity contribution in [1.82, 2.24) is 26.6 Å². The van der Waals surface area contributed by atoms with Crippen molar-refractivity contribution in [3.63, 3.8) is 0 Å². The molecule has 11 heterocycles. The van der Waals surface area contributed by atoms with E-state index in [4.69, 9.17) is 99.5 Å². The van der Waals surface area contributed by atoms with Crippen molar-refractivity contribution in [2.45, 2.75) is 391 Å². The number of aliphatic hydroxyl groups excluding tert-OH is 30. The van der Waals surface area contributed by atoms with E-state index in [0.717, 1.165) is 34.6 Å². The Morgan fingerprint density at radius 3 is 1.05 bits per heavy atom. The van der Waals surface area contributed by atoms with Gasteiger partial charge >= 0.3 is 5.97 Å². The van der Waals surface area contributed by atoms with Gasteiger partial charge in [0.2, 0.25) is 29.5 Å². The van der Waals surface area contributed by atoms with Crippen molar-refractivity contribution >= 4 is 35.5 Å². The molecule has 0 spiro atoms. The zero-order valence-electron chi connectivity index (χ0n) is 76.4. The Hall–Kier alpha value is -5.22. The minimum atomic E-state index is -3.12. The molecule has 0 aliphatic carbocycles. The number of aliphatic hydroxyl groups is 30. The summed E-state index contributed by atoms with van der Waals surface area (Å²) in [6.07, 6.45) is -110. The largest absolute Gasteiger partial charge is 0.477 e. The van der Waals surface area contributed by atoms with Crippen LogP contribution in [0.3, 0.4) is 0 Å². The third-order valence-electron chi connectivity index (χ3n) is 25.9. The van der Waals surface area contributed by atoms with Crippen LogP contribution in [-0.2, 0) is 128 Å². The topological polar surface area (TPSA) is 984 Å². The molecule has 11 aliphatic heterocycles. The Morgan fingerprint density at radius 1 is 0.303 bits per heavy atom. The summed E-state index contributed by atoms with van der Waals surface area (Å²) >= 11 is 0. The first kappa shape index (κ1) is 117. The Morgan fingerprint density at radius 2 is 0.620 bits per heavy atom. The summed E-state index contributed by atoms with van der Waals surface area (Å²) in [7, 11) is 0. The van der Waals surface area contributed by atoms with Gasteiger partial charge in [-0.1, -0.05) is 0 Å². The molecule has 11 rings (SSSR count). The second-order valence-corrected chi connectivity index (χ2v) is 36.0. The van der Waals surface area contributed by atoms with Gasteiger partial charge in [-0.05, 0) is 6.92 Å². The first-order chi connectivity index (χ1) is 66.9. The van der Waals surface area contributed by atoms with Crippen LogP contribution in [0.4, 0.5) is 0 Å². The molecular weight excluding hydrogens is 1950 g/mol. The van der Waals surface area contributed by atoms with Crippen LogP contribution in [0.1, 0.15) is 48.0 Å². The number of amides is 5. The third-order valence-corrected chi connectivity index (χ3v) is 25.9. The molecule has 36 N–H and O–H groups in total. The molecule has 0 radical (unpaired) electrons. The minimum absolute atomic E-state index is 0.848. The lowest BCUT2D eigenvalue weighted by Gasteiger charge is -2.51. The summed E-state index contributed by atoms with van der Waals surface area (Å²) < 4.78 is 125. The zero-order chi connectivity index (χ0) is 105. The van der Waals surface area contributed by atoms with Gasteiger partial charge in [-0.15, -0.1) is 0 Å². The molecule has 142 heavy (non-hydrogen) atoms. The average molecular weight is 2080 g/mol. The van der Waals surface area contributed by atoms with Crippen LogP contribution >= 0.6 is 0 Å². The van der Waals surface area contributed by atoms with Gasteiger partial charge in [-0.3, -0.25) is 24.0 Å². The van der Waals surface area contributed by atoms with Crippen LogP contribution in [0, 0.1) is 0 Å². The monoisotopic (exact) mass is 2080 g/mol. The first-order valence-electron chi connectivity index (χ1n) is 45.1. The maximum Gasteiger partial charge on any atom is 0.364 e. The molecule has 0 aromatic heterocycles. The molecule has 63 heteroatoms. The normalized spacial score (nSPS) is 48.0. The Bertz CT molecular complexity index is 4010. The maximum atomic E-state index is 13.4. The van der Waals surface area contributed by atoms with Crippen LogP contribution < -0.4 is 26.6 Å². The summed E-state index contributed by atoms with van der Waals surface area (Å²) in [6, 6.07) is -9.70. The van der Waals surface area contributed by atoms with Gasteiger partial charge in [0.15, 0.2) is 62.9 Å². The van der Waals surface area contributed by atoms with Crippen LogP contribution in [0.5, 0.6) is 0 Å². The van der Waals surface area contributed by atoms with E-state index in [1.807, 2.05) is 0 Å². The molecule has 63 nitrogen and oxygen atoms in total. The molecule has 11 fully saturated rings. The van der Waals surface area contributed by atoms with E-state index in [2.05, 4.69) is 26.6 Å². The molecule has 1 unspecified atom stereocenters. The number of aliphatic carboxylic acids is 1. The number of hydrogen-bond acceptors (Lipinski definition) is 57. The van der Waals surface area contributed by atoms with Gasteiger partial charge in [0.25, 0.3) is 5.79 Å². The van der Waals surface area contributed by atoms with Crippen molar-refractivity contribution in [2.75, 3.05) is 66.1 Å². The van der Waals surface area contributed by atoms with Crippen LogP contribution in [0.15, 0.2) is 0 Å². The fourth-order valence-electron chi connectivity index (χ4n) is 18.3. The quantitative estimate of drug-likeness (QED) is 0.0273. The van der Waals surface area contributed by atoms with E-state index in [1.165, 1.54) is 6.92 Å². The summed E-state index contributed by atoms with van der Waals surface area (Å²) in [5.74, 6) is -10.0. The smallest absolute Gasteiger partial charge is 0.364 e. The number of carbonyl (C=O) groups is 6. The Labute approximate surface area is 803 Å². The number of hydrogen-bond donors (Lipinski definition) is 36. The Balaban J connectivity index is 0.908. The van der Waals surface area contributed by atoms with E-state index in [0.29, 0.717) is 0 Å². The minimum Gasteiger partial charge on any atom is -0.477 e. The van der Waals surface area contributed by atoms with Crippen LogP contribution in [0.25, 0.3) is 0 Å². The lowest BCUT2D eigenvalue weighted by atomic mass is 9.88. The van der Waals surface area contributed by atoms with Gasteiger partial charge in [0.1, 0.15) is 256 Å². The average Bonchev–Trinajstić information content (AvgIpc) is 0.761. The number of nitrogens with one attached hydrogen (secondary N) is 5. The molecule has 0 bridgehead atoms. The number of rotatable bonds is 38. The van der Waals surface area contributed by atoms with E-state index in [1.54, 1.807) is 0 Å². The number of carboxylic acids is 1.